The number of hydrogen-bond donors (Lipinski definition) is 1. The van der Waals surface area contributed by atoms with Gasteiger partial charge in [-0.1, -0.05) is 0 Å². The molecule has 1 saturated heterocycles. The van der Waals surface area contributed by atoms with E-state index in [1.807, 2.05) is 6.92 Å². The first-order valence-corrected chi connectivity index (χ1v) is 9.37. The zero-order valence-corrected chi connectivity index (χ0v) is 15.2. The summed E-state index contributed by atoms with van der Waals surface area (Å²) in [5.74, 6) is 1.32. The third-order valence-electron chi connectivity index (χ3n) is 5.60. The van der Waals surface area contributed by atoms with Crippen molar-refractivity contribution in [1.29, 1.82) is 0 Å². The van der Waals surface area contributed by atoms with E-state index in [-0.39, 0.29) is 11.8 Å². The fraction of sp³-hybridized carbons (Fsp3) is 0.579. The molecule has 3 heterocycles. The van der Waals surface area contributed by atoms with Crippen LogP contribution in [0.1, 0.15) is 70.4 Å². The van der Waals surface area contributed by atoms with E-state index < -0.39 is 11.9 Å². The van der Waals surface area contributed by atoms with Crippen molar-refractivity contribution in [3.8, 4) is 0 Å². The smallest absolute Gasteiger partial charge is 0.435 e. The molecule has 0 unspecified atom stereocenters. The number of aromatic nitrogens is 2. The molecule has 1 N–H and O–H groups in total. The normalized spacial score (nSPS) is 20.6. The molecule has 1 atom stereocenters. The Hall–Kier alpha value is -2.25. The van der Waals surface area contributed by atoms with Crippen molar-refractivity contribution in [2.75, 3.05) is 13.1 Å². The maximum absolute atomic E-state index is 13.2. The predicted molar refractivity (Wildman–Crippen MR) is 91.6 cm³/mol. The first kappa shape index (κ1) is 18.1. The molecule has 1 aliphatic heterocycles. The van der Waals surface area contributed by atoms with Crippen LogP contribution in [0.3, 0.4) is 0 Å². The van der Waals surface area contributed by atoms with Crippen molar-refractivity contribution >= 4 is 5.91 Å². The number of furan rings is 1. The minimum absolute atomic E-state index is 0.0698. The number of halogens is 3. The number of piperidine rings is 1. The van der Waals surface area contributed by atoms with Gasteiger partial charge in [0.1, 0.15) is 11.5 Å². The van der Waals surface area contributed by atoms with Crippen LogP contribution in [0.5, 0.6) is 0 Å². The molecule has 0 bridgehead atoms. The molecule has 5 nitrogen and oxygen atoms in total. The molecule has 2 aromatic rings. The van der Waals surface area contributed by atoms with Crippen LogP contribution < -0.4 is 0 Å². The van der Waals surface area contributed by atoms with Gasteiger partial charge in [0, 0.05) is 36.7 Å². The summed E-state index contributed by atoms with van der Waals surface area (Å²) in [7, 11) is 0. The first-order valence-electron chi connectivity index (χ1n) is 9.37. The third kappa shape index (κ3) is 3.37. The van der Waals surface area contributed by atoms with Crippen LogP contribution in [0.4, 0.5) is 13.2 Å². The van der Waals surface area contributed by atoms with E-state index in [2.05, 4.69) is 10.2 Å². The number of H-pyrrole nitrogens is 1. The van der Waals surface area contributed by atoms with E-state index in [0.717, 1.165) is 55.9 Å². The van der Waals surface area contributed by atoms with Crippen molar-refractivity contribution in [2.24, 2.45) is 0 Å². The van der Waals surface area contributed by atoms with Gasteiger partial charge >= 0.3 is 6.18 Å². The Balaban J connectivity index is 1.54. The van der Waals surface area contributed by atoms with E-state index in [9.17, 15) is 18.0 Å². The summed E-state index contributed by atoms with van der Waals surface area (Å²) < 4.78 is 44.2. The lowest BCUT2D eigenvalue weighted by Crippen LogP contribution is -2.39. The highest BCUT2D eigenvalue weighted by Gasteiger charge is 2.36. The topological polar surface area (TPSA) is 62.1 Å². The molecule has 1 amide bonds. The van der Waals surface area contributed by atoms with Gasteiger partial charge in [-0.15, -0.1) is 0 Å². The maximum atomic E-state index is 13.2. The lowest BCUT2D eigenvalue weighted by Gasteiger charge is -2.32. The van der Waals surface area contributed by atoms with Crippen molar-refractivity contribution in [3.63, 3.8) is 0 Å². The number of fused-ring (bicyclic) bond motifs is 1. The van der Waals surface area contributed by atoms with Crippen molar-refractivity contribution in [3.05, 3.63) is 40.1 Å². The molecule has 8 heteroatoms. The number of nitrogens with one attached hydrogen (secondary N) is 1. The summed E-state index contributed by atoms with van der Waals surface area (Å²) in [5.41, 5.74) is 1.20. The number of nitrogens with zero attached hydrogens (tertiary/aromatic N) is 2. The SMILES string of the molecule is Cc1oc2c(c1C(=O)N1CCC[C@H](c3cc(C(F)(F)F)n[nH]3)C1)CCCC2. The molecule has 0 saturated carbocycles. The molecule has 1 aliphatic carbocycles. The molecule has 146 valence electrons. The summed E-state index contributed by atoms with van der Waals surface area (Å²) in [4.78, 5) is 14.9. The molecule has 27 heavy (non-hydrogen) atoms. The fourth-order valence-electron chi connectivity index (χ4n) is 4.25. The summed E-state index contributed by atoms with van der Waals surface area (Å²) >= 11 is 0. The highest BCUT2D eigenvalue weighted by molar-refractivity contribution is 5.97. The summed E-state index contributed by atoms with van der Waals surface area (Å²) in [5, 5.41) is 5.90. The molecule has 0 radical (unpaired) electrons. The van der Waals surface area contributed by atoms with Crippen LogP contribution in [-0.4, -0.2) is 34.1 Å². The van der Waals surface area contributed by atoms with Gasteiger partial charge in [0.15, 0.2) is 5.69 Å². The second-order valence-electron chi connectivity index (χ2n) is 7.44. The quantitative estimate of drug-likeness (QED) is 0.847. The number of carbonyl (C=O) groups is 1. The molecule has 0 spiro atoms. The third-order valence-corrected chi connectivity index (χ3v) is 5.60. The van der Waals surface area contributed by atoms with Crippen LogP contribution in [0, 0.1) is 6.92 Å². The Morgan fingerprint density at radius 1 is 1.30 bits per heavy atom. The number of amides is 1. The van der Waals surface area contributed by atoms with Gasteiger partial charge in [-0.05, 0) is 45.1 Å². The van der Waals surface area contributed by atoms with Gasteiger partial charge in [0.25, 0.3) is 5.91 Å². The first-order chi connectivity index (χ1) is 12.8. The average Bonchev–Trinajstić information content (AvgIpc) is 3.25. The summed E-state index contributed by atoms with van der Waals surface area (Å²) in [6.45, 7) is 2.81. The maximum Gasteiger partial charge on any atom is 0.435 e. The van der Waals surface area contributed by atoms with E-state index in [4.69, 9.17) is 4.42 Å². The van der Waals surface area contributed by atoms with E-state index in [0.29, 0.717) is 30.1 Å². The zero-order chi connectivity index (χ0) is 19.2. The number of hydrogen-bond acceptors (Lipinski definition) is 3. The number of aromatic amines is 1. The van der Waals surface area contributed by atoms with Gasteiger partial charge in [-0.25, -0.2) is 0 Å². The minimum atomic E-state index is -4.47. The van der Waals surface area contributed by atoms with Crippen LogP contribution in [0.2, 0.25) is 0 Å². The Morgan fingerprint density at radius 2 is 2.07 bits per heavy atom. The van der Waals surface area contributed by atoms with E-state index in [1.54, 1.807) is 4.90 Å². The second kappa shape index (κ2) is 6.73. The fourth-order valence-corrected chi connectivity index (χ4v) is 4.25. The predicted octanol–water partition coefficient (Wildman–Crippen LogP) is 4.23. The number of alkyl halides is 3. The van der Waals surface area contributed by atoms with Gasteiger partial charge in [-0.3, -0.25) is 9.89 Å². The Morgan fingerprint density at radius 3 is 2.81 bits per heavy atom. The molecule has 0 aromatic carbocycles. The van der Waals surface area contributed by atoms with Gasteiger partial charge in [0.05, 0.1) is 5.56 Å². The van der Waals surface area contributed by atoms with E-state index in [1.165, 1.54) is 0 Å². The van der Waals surface area contributed by atoms with Crippen molar-refractivity contribution < 1.29 is 22.4 Å². The van der Waals surface area contributed by atoms with Gasteiger partial charge in [-0.2, -0.15) is 18.3 Å². The molecule has 2 aliphatic rings. The minimum Gasteiger partial charge on any atom is -0.465 e. The lowest BCUT2D eigenvalue weighted by atomic mass is 9.91. The molecular formula is C19H22F3N3O2. The molecule has 2 aromatic heterocycles. The van der Waals surface area contributed by atoms with Crippen LogP contribution >= 0.6 is 0 Å². The largest absolute Gasteiger partial charge is 0.465 e. The number of carbonyl (C=O) groups excluding carboxylic acids is 1. The van der Waals surface area contributed by atoms with Crippen LogP contribution in [0.15, 0.2) is 10.5 Å². The Bertz CT molecular complexity index is 853. The standard InChI is InChI=1S/C19H22F3N3O2/c1-11-17(13-6-2-3-7-15(13)27-11)18(26)25-8-4-5-12(10-25)14-9-16(24-23-14)19(20,21)22/h9,12H,2-8,10H2,1H3,(H,23,24)/t12-/m0/s1. The van der Waals surface area contributed by atoms with Crippen molar-refractivity contribution in [1.82, 2.24) is 15.1 Å². The second-order valence-corrected chi connectivity index (χ2v) is 7.44. The summed E-state index contributed by atoms with van der Waals surface area (Å²) in [6, 6.07) is 1.06. The van der Waals surface area contributed by atoms with Crippen molar-refractivity contribution in [2.45, 2.75) is 57.5 Å². The number of likely N-dealkylation sites (tertiary alicyclic amines) is 1. The zero-order valence-electron chi connectivity index (χ0n) is 15.2. The van der Waals surface area contributed by atoms with Gasteiger partial charge < -0.3 is 9.32 Å². The van der Waals surface area contributed by atoms with Gasteiger partial charge in [0.2, 0.25) is 0 Å². The summed E-state index contributed by atoms with van der Waals surface area (Å²) in [6.07, 6.45) is 0.832. The number of aryl methyl sites for hydroxylation is 2. The monoisotopic (exact) mass is 381 g/mol. The van der Waals surface area contributed by atoms with E-state index >= 15 is 0 Å². The molecular weight excluding hydrogens is 359 g/mol. The Labute approximate surface area is 154 Å². The highest BCUT2D eigenvalue weighted by Crippen LogP contribution is 2.34. The Kier molecular flexibility index (Phi) is 4.52. The van der Waals surface area contributed by atoms with Crippen LogP contribution in [-0.2, 0) is 19.0 Å². The average molecular weight is 381 g/mol. The molecule has 1 fully saturated rings. The van der Waals surface area contributed by atoms with Crippen LogP contribution in [0.25, 0.3) is 0 Å². The highest BCUT2D eigenvalue weighted by atomic mass is 19.4. The number of rotatable bonds is 2. The molecule has 4 rings (SSSR count). The lowest BCUT2D eigenvalue weighted by molar-refractivity contribution is -0.141.